The van der Waals surface area contributed by atoms with Crippen LogP contribution in [0.15, 0.2) is 0 Å². The first-order valence-electron chi connectivity index (χ1n) is 12.4. The van der Waals surface area contributed by atoms with E-state index < -0.39 is 0 Å². The standard InChI is InChI=1S/C25H50O4/c1-6-8-9-10-11-12-13-14-15-16-17-18-19-27-20-22(3)28-21-23(4)29-24(5)25(26)7-2/h22-24H,6-21H2,1-5H3/t22?,23?,24-/m1/s1. The molecule has 0 heterocycles. The number of unbranched alkanes of at least 4 members (excludes halogenated alkanes) is 11. The second-order valence-electron chi connectivity index (χ2n) is 8.52. The molecule has 0 aromatic carbocycles. The SMILES string of the molecule is CCCCCCCCCCCCCCOCC(C)OCC(C)O[C@H](C)C(=O)CC. The van der Waals surface area contributed by atoms with Crippen LogP contribution in [0.25, 0.3) is 0 Å². The molecular formula is C25H50O4. The Balaban J connectivity index is 3.37. The topological polar surface area (TPSA) is 44.8 Å². The molecule has 2 unspecified atom stereocenters. The van der Waals surface area contributed by atoms with Gasteiger partial charge in [0.15, 0.2) is 5.78 Å². The van der Waals surface area contributed by atoms with Crippen molar-refractivity contribution in [1.29, 1.82) is 0 Å². The van der Waals surface area contributed by atoms with Gasteiger partial charge in [-0.15, -0.1) is 0 Å². The predicted octanol–water partition coefficient (Wildman–Crippen LogP) is 6.88. The molecule has 0 spiro atoms. The Bertz CT molecular complexity index is 359. The van der Waals surface area contributed by atoms with Gasteiger partial charge in [-0.1, -0.05) is 84.5 Å². The van der Waals surface area contributed by atoms with Crippen molar-refractivity contribution in [2.24, 2.45) is 0 Å². The summed E-state index contributed by atoms with van der Waals surface area (Å²) in [6.07, 6.45) is 16.5. The van der Waals surface area contributed by atoms with Crippen LogP contribution in [0.4, 0.5) is 0 Å². The summed E-state index contributed by atoms with van der Waals surface area (Å²) in [7, 11) is 0. The van der Waals surface area contributed by atoms with Crippen LogP contribution in [0.5, 0.6) is 0 Å². The fourth-order valence-electron chi connectivity index (χ4n) is 3.39. The van der Waals surface area contributed by atoms with E-state index in [4.69, 9.17) is 14.2 Å². The Morgan fingerprint density at radius 1 is 0.690 bits per heavy atom. The minimum Gasteiger partial charge on any atom is -0.379 e. The summed E-state index contributed by atoms with van der Waals surface area (Å²) >= 11 is 0. The Labute approximate surface area is 181 Å². The van der Waals surface area contributed by atoms with Crippen LogP contribution in [-0.2, 0) is 19.0 Å². The van der Waals surface area contributed by atoms with E-state index in [9.17, 15) is 4.79 Å². The lowest BCUT2D eigenvalue weighted by atomic mass is 10.1. The van der Waals surface area contributed by atoms with E-state index in [1.165, 1.54) is 70.6 Å². The highest BCUT2D eigenvalue weighted by atomic mass is 16.6. The fraction of sp³-hybridized carbons (Fsp3) is 0.960. The number of carbonyl (C=O) groups is 1. The molecule has 0 bridgehead atoms. The number of ether oxygens (including phenoxy) is 3. The van der Waals surface area contributed by atoms with Crippen molar-refractivity contribution in [3.63, 3.8) is 0 Å². The highest BCUT2D eigenvalue weighted by molar-refractivity contribution is 5.82. The molecule has 0 N–H and O–H groups in total. The van der Waals surface area contributed by atoms with Gasteiger partial charge in [0.05, 0.1) is 25.4 Å². The molecule has 0 fully saturated rings. The van der Waals surface area contributed by atoms with Gasteiger partial charge < -0.3 is 14.2 Å². The number of rotatable bonds is 22. The monoisotopic (exact) mass is 414 g/mol. The second-order valence-corrected chi connectivity index (χ2v) is 8.52. The molecular weight excluding hydrogens is 364 g/mol. The van der Waals surface area contributed by atoms with E-state index >= 15 is 0 Å². The highest BCUT2D eigenvalue weighted by Gasteiger charge is 2.15. The third kappa shape index (κ3) is 19.3. The summed E-state index contributed by atoms with van der Waals surface area (Å²) < 4.78 is 17.2. The molecule has 4 nitrogen and oxygen atoms in total. The lowest BCUT2D eigenvalue weighted by molar-refractivity contribution is -0.136. The van der Waals surface area contributed by atoms with Gasteiger partial charge in [0, 0.05) is 13.0 Å². The molecule has 0 saturated heterocycles. The van der Waals surface area contributed by atoms with Crippen LogP contribution in [-0.4, -0.2) is 43.9 Å². The average Bonchev–Trinajstić information content (AvgIpc) is 2.71. The fourth-order valence-corrected chi connectivity index (χ4v) is 3.39. The van der Waals surface area contributed by atoms with E-state index in [1.807, 2.05) is 27.7 Å². The van der Waals surface area contributed by atoms with Crippen LogP contribution >= 0.6 is 0 Å². The van der Waals surface area contributed by atoms with Crippen molar-refractivity contribution in [2.75, 3.05) is 19.8 Å². The first-order chi connectivity index (χ1) is 14.0. The van der Waals surface area contributed by atoms with Gasteiger partial charge in [0.25, 0.3) is 0 Å². The number of ketones is 1. The van der Waals surface area contributed by atoms with Gasteiger partial charge in [0.2, 0.25) is 0 Å². The second kappa shape index (κ2) is 20.8. The molecule has 0 aromatic rings. The molecule has 0 aliphatic rings. The van der Waals surface area contributed by atoms with E-state index in [0.717, 1.165) is 13.0 Å². The zero-order valence-electron chi connectivity index (χ0n) is 20.2. The number of hydrogen-bond acceptors (Lipinski definition) is 4. The molecule has 4 heteroatoms. The maximum absolute atomic E-state index is 11.6. The summed E-state index contributed by atoms with van der Waals surface area (Å²) in [5.74, 6) is 0.135. The zero-order valence-corrected chi connectivity index (χ0v) is 20.2. The van der Waals surface area contributed by atoms with Crippen LogP contribution in [0.2, 0.25) is 0 Å². The summed E-state index contributed by atoms with van der Waals surface area (Å²) in [6.45, 7) is 11.8. The average molecular weight is 415 g/mol. The van der Waals surface area contributed by atoms with Crippen molar-refractivity contribution in [1.82, 2.24) is 0 Å². The van der Waals surface area contributed by atoms with Gasteiger partial charge in [-0.3, -0.25) is 4.79 Å². The van der Waals surface area contributed by atoms with Crippen LogP contribution in [0.1, 0.15) is 118 Å². The molecule has 0 aliphatic heterocycles. The van der Waals surface area contributed by atoms with Crippen molar-refractivity contribution < 1.29 is 19.0 Å². The van der Waals surface area contributed by atoms with Crippen molar-refractivity contribution >= 4 is 5.78 Å². The summed E-state index contributed by atoms with van der Waals surface area (Å²) in [5.41, 5.74) is 0. The van der Waals surface area contributed by atoms with Crippen LogP contribution < -0.4 is 0 Å². The maximum Gasteiger partial charge on any atom is 0.161 e. The van der Waals surface area contributed by atoms with Crippen LogP contribution in [0, 0.1) is 0 Å². The Morgan fingerprint density at radius 2 is 1.21 bits per heavy atom. The zero-order chi connectivity index (χ0) is 21.7. The molecule has 0 rings (SSSR count). The number of carbonyl (C=O) groups excluding carboxylic acids is 1. The lowest BCUT2D eigenvalue weighted by Crippen LogP contribution is -2.29. The number of Topliss-reactive ketones (excluding diaryl/α,β-unsaturated/α-hetero) is 1. The Kier molecular flexibility index (Phi) is 20.5. The normalized spacial score (nSPS) is 14.7. The summed E-state index contributed by atoms with van der Waals surface area (Å²) in [6, 6.07) is 0. The van der Waals surface area contributed by atoms with Gasteiger partial charge in [-0.05, 0) is 27.2 Å². The molecule has 0 amide bonds. The quantitative estimate of drug-likeness (QED) is 0.181. The summed E-state index contributed by atoms with van der Waals surface area (Å²) in [4.78, 5) is 11.6. The molecule has 29 heavy (non-hydrogen) atoms. The summed E-state index contributed by atoms with van der Waals surface area (Å²) in [5, 5.41) is 0. The van der Waals surface area contributed by atoms with Crippen LogP contribution in [0.3, 0.4) is 0 Å². The number of hydrogen-bond donors (Lipinski definition) is 0. The molecule has 0 aromatic heterocycles. The maximum atomic E-state index is 11.6. The first-order valence-corrected chi connectivity index (χ1v) is 12.4. The van der Waals surface area contributed by atoms with Gasteiger partial charge >= 0.3 is 0 Å². The van der Waals surface area contributed by atoms with Crippen molar-refractivity contribution in [3.05, 3.63) is 0 Å². The Morgan fingerprint density at radius 3 is 1.72 bits per heavy atom. The predicted molar refractivity (Wildman–Crippen MR) is 123 cm³/mol. The molecule has 0 aliphatic carbocycles. The molecule has 3 atom stereocenters. The molecule has 0 saturated carbocycles. The van der Waals surface area contributed by atoms with E-state index in [2.05, 4.69) is 6.92 Å². The van der Waals surface area contributed by atoms with E-state index in [1.54, 1.807) is 0 Å². The molecule has 0 radical (unpaired) electrons. The van der Waals surface area contributed by atoms with E-state index in [-0.39, 0.29) is 24.1 Å². The smallest absolute Gasteiger partial charge is 0.161 e. The minimum absolute atomic E-state index is 0.0514. The minimum atomic E-state index is -0.351. The van der Waals surface area contributed by atoms with Gasteiger partial charge in [-0.25, -0.2) is 0 Å². The Hall–Kier alpha value is -0.450. The van der Waals surface area contributed by atoms with Crippen molar-refractivity contribution in [3.8, 4) is 0 Å². The van der Waals surface area contributed by atoms with E-state index in [0.29, 0.717) is 19.6 Å². The third-order valence-corrected chi connectivity index (χ3v) is 5.35. The lowest BCUT2D eigenvalue weighted by Gasteiger charge is -2.20. The third-order valence-electron chi connectivity index (χ3n) is 5.35. The molecule has 174 valence electrons. The van der Waals surface area contributed by atoms with Gasteiger partial charge in [-0.2, -0.15) is 0 Å². The van der Waals surface area contributed by atoms with Gasteiger partial charge in [0.1, 0.15) is 6.10 Å². The van der Waals surface area contributed by atoms with Crippen molar-refractivity contribution in [2.45, 2.75) is 136 Å². The first kappa shape index (κ1) is 28.5. The highest BCUT2D eigenvalue weighted by Crippen LogP contribution is 2.12. The largest absolute Gasteiger partial charge is 0.379 e.